The monoisotopic (exact) mass is 1090 g/mol. The molecule has 0 aliphatic heterocycles. The van der Waals surface area contributed by atoms with Gasteiger partial charge in [0.1, 0.15) is 0 Å². The number of rotatable bonds is 7. The summed E-state index contributed by atoms with van der Waals surface area (Å²) in [4.78, 5) is 0. The number of fused-ring (bicyclic) bond motifs is 15. The van der Waals surface area contributed by atoms with E-state index in [0.717, 1.165) is 0 Å². The van der Waals surface area contributed by atoms with Crippen molar-refractivity contribution in [1.29, 1.82) is 0 Å². The van der Waals surface area contributed by atoms with Gasteiger partial charge in [-0.15, -0.1) is 0 Å². The van der Waals surface area contributed by atoms with Gasteiger partial charge in [0.2, 0.25) is 0 Å². The summed E-state index contributed by atoms with van der Waals surface area (Å²) in [5.74, 6) is 0. The number of para-hydroxylation sites is 3. The van der Waals surface area contributed by atoms with Gasteiger partial charge in [-0.2, -0.15) is 0 Å². The van der Waals surface area contributed by atoms with E-state index in [2.05, 4.69) is 318 Å². The highest BCUT2D eigenvalue weighted by molar-refractivity contribution is 6.12. The third-order valence-electron chi connectivity index (χ3n) is 19.9. The fourth-order valence-corrected chi connectivity index (χ4v) is 15.4. The van der Waals surface area contributed by atoms with Crippen molar-refractivity contribution in [3.05, 3.63) is 299 Å². The Morgan fingerprint density at radius 1 is 0.235 bits per heavy atom. The molecule has 12 aromatic carbocycles. The zero-order chi connectivity index (χ0) is 57.1. The van der Waals surface area contributed by atoms with Gasteiger partial charge >= 0.3 is 0 Å². The fraction of sp³-hybridized carbons (Fsp3) is 0.108. The van der Waals surface area contributed by atoms with Gasteiger partial charge in [-0.3, -0.25) is 0 Å². The molecule has 0 bridgehead atoms. The predicted octanol–water partition coefficient (Wildman–Crippen LogP) is 22.0. The van der Waals surface area contributed by atoms with Gasteiger partial charge in [0.25, 0.3) is 0 Å². The average Bonchev–Trinajstić information content (AvgIpc) is 1.79. The molecule has 0 atom stereocenters. The lowest BCUT2D eigenvalue weighted by atomic mass is 9.79. The maximum absolute atomic E-state index is 2.48. The Kier molecular flexibility index (Phi) is 10.5. The van der Waals surface area contributed by atoms with E-state index in [-0.39, 0.29) is 16.2 Å². The Bertz CT molecular complexity index is 5190. The molecule has 0 saturated heterocycles. The second-order valence-corrected chi connectivity index (χ2v) is 25.7. The molecular weight excluding hydrogens is 1020 g/mol. The average molecular weight is 1090 g/mol. The normalized spacial score (nSPS) is 14.7. The van der Waals surface area contributed by atoms with Gasteiger partial charge in [-0.05, 0) is 190 Å². The molecule has 0 unspecified atom stereocenters. The topological polar surface area (TPSA) is 9.86 Å². The third kappa shape index (κ3) is 7.31. The van der Waals surface area contributed by atoms with Gasteiger partial charge in [0.15, 0.2) is 0 Å². The molecule has 17 rings (SSSR count). The van der Waals surface area contributed by atoms with Crippen LogP contribution in [0.5, 0.6) is 0 Å². The van der Waals surface area contributed by atoms with Crippen molar-refractivity contribution in [2.45, 2.75) is 57.8 Å². The Labute approximate surface area is 497 Å². The van der Waals surface area contributed by atoms with E-state index in [1.54, 1.807) is 0 Å². The van der Waals surface area contributed by atoms with Gasteiger partial charge in [0, 0.05) is 49.2 Å². The van der Waals surface area contributed by atoms with Crippen LogP contribution in [-0.4, -0.2) is 9.13 Å². The molecule has 0 saturated carbocycles. The number of nitrogens with zero attached hydrogens (tertiary/aromatic N) is 2. The molecule has 2 heteroatoms. The van der Waals surface area contributed by atoms with Crippen LogP contribution in [0.3, 0.4) is 0 Å². The van der Waals surface area contributed by atoms with E-state index in [1.165, 1.54) is 166 Å². The van der Waals surface area contributed by atoms with Crippen LogP contribution in [0, 0.1) is 0 Å². The summed E-state index contributed by atoms with van der Waals surface area (Å²) in [6, 6.07) is 95.9. The maximum atomic E-state index is 2.48. The maximum Gasteiger partial charge on any atom is 0.0541 e. The van der Waals surface area contributed by atoms with Crippen LogP contribution in [0.15, 0.2) is 255 Å². The summed E-state index contributed by atoms with van der Waals surface area (Å²) in [7, 11) is 0. The van der Waals surface area contributed by atoms with E-state index in [1.807, 2.05) is 0 Å². The van der Waals surface area contributed by atoms with Crippen LogP contribution >= 0.6 is 0 Å². The molecule has 0 amide bonds. The lowest BCUT2D eigenvalue weighted by molar-refractivity contribution is 0.659. The summed E-state index contributed by atoms with van der Waals surface area (Å²) in [6.07, 6.45) is 4.52. The van der Waals surface area contributed by atoms with Crippen molar-refractivity contribution in [3.8, 4) is 78.1 Å². The molecule has 85 heavy (non-hydrogen) atoms. The van der Waals surface area contributed by atoms with E-state index in [9.17, 15) is 0 Å². The third-order valence-corrected chi connectivity index (χ3v) is 19.9. The molecule has 14 aromatic rings. The van der Waals surface area contributed by atoms with Gasteiger partial charge in [0.05, 0.1) is 22.1 Å². The molecule has 2 heterocycles. The summed E-state index contributed by atoms with van der Waals surface area (Å²) >= 11 is 0. The Balaban J connectivity index is 0.629. The molecule has 2 nitrogen and oxygen atoms in total. The second kappa shape index (κ2) is 18.0. The molecule has 0 N–H and O–H groups in total. The number of hydrogen-bond acceptors (Lipinski definition) is 0. The Morgan fingerprint density at radius 2 is 0.600 bits per heavy atom. The van der Waals surface area contributed by atoms with Crippen LogP contribution in [0.2, 0.25) is 0 Å². The minimum absolute atomic E-state index is 0.0706. The van der Waals surface area contributed by atoms with Crippen LogP contribution in [0.25, 0.3) is 134 Å². The minimum Gasteiger partial charge on any atom is -0.309 e. The smallest absolute Gasteiger partial charge is 0.0541 e. The van der Waals surface area contributed by atoms with Crippen molar-refractivity contribution in [1.82, 2.24) is 9.13 Å². The van der Waals surface area contributed by atoms with Crippen LogP contribution < -0.4 is 0 Å². The molecule has 0 spiro atoms. The van der Waals surface area contributed by atoms with Gasteiger partial charge in [-0.25, -0.2) is 0 Å². The Morgan fingerprint density at radius 3 is 1.18 bits per heavy atom. The molecule has 0 fully saturated rings. The molecule has 3 aliphatic rings. The summed E-state index contributed by atoms with van der Waals surface area (Å²) in [5, 5.41) is 5.08. The second-order valence-electron chi connectivity index (χ2n) is 25.7. The molecule has 2 aromatic heterocycles. The van der Waals surface area contributed by atoms with Crippen LogP contribution in [0.1, 0.15) is 86.1 Å². The fourth-order valence-electron chi connectivity index (χ4n) is 15.4. The Hall–Kier alpha value is -10.0. The lowest BCUT2D eigenvalue weighted by Crippen LogP contribution is -2.15. The van der Waals surface area contributed by atoms with Crippen molar-refractivity contribution in [2.75, 3.05) is 0 Å². The van der Waals surface area contributed by atoms with Crippen molar-refractivity contribution >= 4 is 55.8 Å². The van der Waals surface area contributed by atoms with Crippen molar-refractivity contribution < 1.29 is 0 Å². The van der Waals surface area contributed by atoms with E-state index < -0.39 is 0 Å². The van der Waals surface area contributed by atoms with E-state index in [4.69, 9.17) is 0 Å². The van der Waals surface area contributed by atoms with E-state index >= 15 is 0 Å². The first-order valence-electron chi connectivity index (χ1n) is 30.1. The summed E-state index contributed by atoms with van der Waals surface area (Å²) < 4.78 is 4.84. The zero-order valence-corrected chi connectivity index (χ0v) is 48.8. The predicted molar refractivity (Wildman–Crippen MR) is 359 cm³/mol. The largest absolute Gasteiger partial charge is 0.309 e. The quantitative estimate of drug-likeness (QED) is 0.141. The molecule has 404 valence electrons. The van der Waals surface area contributed by atoms with Crippen LogP contribution in [-0.2, 0) is 16.2 Å². The van der Waals surface area contributed by atoms with Crippen molar-refractivity contribution in [3.63, 3.8) is 0 Å². The van der Waals surface area contributed by atoms with Gasteiger partial charge in [-0.1, -0.05) is 230 Å². The van der Waals surface area contributed by atoms with Gasteiger partial charge < -0.3 is 9.13 Å². The number of hydrogen-bond donors (Lipinski definition) is 0. The first-order chi connectivity index (χ1) is 41.4. The van der Waals surface area contributed by atoms with E-state index in [0.29, 0.717) is 0 Å². The SMILES string of the molecule is CC1(C)c2cc(C=Cc3ccc(-c4ccc5c(c4)c4ccccc4n5-c4ccccc4)cc3)ccc2-c2ccc(-c3ccc4c(c3)C(C)(C)c3cc(-c5ccc6c(c5)c5ccccc5n6-c5ccc6c(c5)C(C)(C)c5ccccc5-6)ccc3-4)cc21. The summed E-state index contributed by atoms with van der Waals surface area (Å²) in [5.41, 5.74) is 33.0. The van der Waals surface area contributed by atoms with Crippen molar-refractivity contribution in [2.24, 2.45) is 0 Å². The zero-order valence-electron chi connectivity index (χ0n) is 48.8. The first-order valence-corrected chi connectivity index (χ1v) is 30.1. The minimum atomic E-state index is -0.183. The highest BCUT2D eigenvalue weighted by Crippen LogP contribution is 2.54. The number of aromatic nitrogens is 2. The summed E-state index contributed by atoms with van der Waals surface area (Å²) in [6.45, 7) is 14.4. The number of benzene rings is 12. The first kappa shape index (κ1) is 49.6. The molecule has 3 aliphatic carbocycles. The highest BCUT2D eigenvalue weighted by atomic mass is 15.0. The molecular formula is C83H62N2. The molecule has 0 radical (unpaired) electrons. The standard InChI is InChI=1S/C83H62N2/c1-81(2)71-21-13-10-18-61(71)66-41-36-60(50-76(66)81)85-78-23-15-12-20-68(78)70-46-55(35-43-80(70)85)56-31-38-64-65-40-33-58(49-75(65)83(5,6)74(64)47-56)57-32-39-63-62-37-28-52(44-72(62)82(3,4)73(63)48-57)25-24-51-26-29-53(30-27-51)54-34-42-79-69(45-54)67-19-11-14-22-77(67)84(79)59-16-8-7-9-17-59/h7-50H,1-6H3. The lowest BCUT2D eigenvalue weighted by Gasteiger charge is -2.24. The van der Waals surface area contributed by atoms with Crippen LogP contribution in [0.4, 0.5) is 0 Å². The highest BCUT2D eigenvalue weighted by Gasteiger charge is 2.39.